The highest BCUT2D eigenvalue weighted by Crippen LogP contribution is 2.16. The maximum absolute atomic E-state index is 12.0. The van der Waals surface area contributed by atoms with Gasteiger partial charge < -0.3 is 10.4 Å². The van der Waals surface area contributed by atoms with Gasteiger partial charge in [0.15, 0.2) is 0 Å². The fraction of sp³-hybridized carbons (Fsp3) is 0.533. The zero-order chi connectivity index (χ0) is 15.1. The number of hydrogen-bond acceptors (Lipinski definition) is 3. The Bertz CT molecular complexity index is 420. The Balaban J connectivity index is 2.54. The summed E-state index contributed by atoms with van der Waals surface area (Å²) in [5.41, 5.74) is 1.07. The zero-order valence-corrected chi connectivity index (χ0v) is 13.9. The van der Waals surface area contributed by atoms with Crippen molar-refractivity contribution >= 4 is 21.8 Å². The predicted molar refractivity (Wildman–Crippen MR) is 84.5 cm³/mol. The van der Waals surface area contributed by atoms with Crippen LogP contribution < -0.4 is 5.32 Å². The van der Waals surface area contributed by atoms with E-state index in [0.717, 1.165) is 10.0 Å². The molecule has 1 amide bonds. The third kappa shape index (κ3) is 5.61. The van der Waals surface area contributed by atoms with Gasteiger partial charge in [0.1, 0.15) is 0 Å². The Morgan fingerprint density at radius 2 is 1.90 bits per heavy atom. The molecule has 0 heterocycles. The number of nitrogens with zero attached hydrogens (tertiary/aromatic N) is 1. The molecule has 1 unspecified atom stereocenters. The molecular weight excluding hydrogens is 320 g/mol. The first-order valence-electron chi connectivity index (χ1n) is 6.83. The summed E-state index contributed by atoms with van der Waals surface area (Å²) in [6.45, 7) is 6.87. The van der Waals surface area contributed by atoms with Gasteiger partial charge in [-0.1, -0.05) is 28.1 Å². The van der Waals surface area contributed by atoms with Crippen LogP contribution in [0, 0.1) is 0 Å². The molecule has 0 saturated heterocycles. The summed E-state index contributed by atoms with van der Waals surface area (Å²) in [5, 5.41) is 12.0. The summed E-state index contributed by atoms with van der Waals surface area (Å²) in [7, 11) is 0. The van der Waals surface area contributed by atoms with Crippen molar-refractivity contribution in [3.63, 3.8) is 0 Å². The quantitative estimate of drug-likeness (QED) is 0.799. The predicted octanol–water partition coefficient (Wildman–Crippen LogP) is 2.33. The molecule has 1 aromatic carbocycles. The van der Waals surface area contributed by atoms with Gasteiger partial charge in [0.2, 0.25) is 5.91 Å². The van der Waals surface area contributed by atoms with Crippen LogP contribution in [0.25, 0.3) is 0 Å². The van der Waals surface area contributed by atoms with Gasteiger partial charge in [0.25, 0.3) is 0 Å². The molecule has 5 heteroatoms. The molecule has 112 valence electrons. The fourth-order valence-corrected chi connectivity index (χ4v) is 2.22. The number of amides is 1. The largest absolute Gasteiger partial charge is 0.395 e. The van der Waals surface area contributed by atoms with Crippen LogP contribution in [0.15, 0.2) is 28.7 Å². The number of hydrogen-bond donors (Lipinski definition) is 2. The second-order valence-corrected chi connectivity index (χ2v) is 6.04. The molecule has 20 heavy (non-hydrogen) atoms. The second-order valence-electron chi connectivity index (χ2n) is 5.13. The molecule has 0 radical (unpaired) electrons. The first-order valence-corrected chi connectivity index (χ1v) is 7.63. The van der Waals surface area contributed by atoms with Crippen molar-refractivity contribution < 1.29 is 9.90 Å². The Hall–Kier alpha value is -0.910. The number of halogens is 1. The molecule has 0 aromatic heterocycles. The first-order chi connectivity index (χ1) is 9.43. The normalized spacial score (nSPS) is 12.8. The van der Waals surface area contributed by atoms with Crippen LogP contribution in [0.4, 0.5) is 0 Å². The molecule has 0 spiro atoms. The van der Waals surface area contributed by atoms with E-state index in [4.69, 9.17) is 5.11 Å². The fourth-order valence-electron chi connectivity index (χ4n) is 1.95. The Kier molecular flexibility index (Phi) is 7.19. The molecule has 0 aliphatic carbocycles. The van der Waals surface area contributed by atoms with Gasteiger partial charge >= 0.3 is 0 Å². The molecule has 0 saturated carbocycles. The van der Waals surface area contributed by atoms with Gasteiger partial charge in [-0.15, -0.1) is 0 Å². The lowest BCUT2D eigenvalue weighted by Gasteiger charge is -2.25. The topological polar surface area (TPSA) is 52.6 Å². The van der Waals surface area contributed by atoms with Crippen LogP contribution in [0.2, 0.25) is 0 Å². The highest BCUT2D eigenvalue weighted by atomic mass is 79.9. The van der Waals surface area contributed by atoms with Crippen molar-refractivity contribution in [2.75, 3.05) is 19.7 Å². The second kappa shape index (κ2) is 8.39. The van der Waals surface area contributed by atoms with Crippen molar-refractivity contribution in [2.24, 2.45) is 0 Å². The van der Waals surface area contributed by atoms with Crippen molar-refractivity contribution in [1.29, 1.82) is 0 Å². The monoisotopic (exact) mass is 342 g/mol. The van der Waals surface area contributed by atoms with Gasteiger partial charge in [0.05, 0.1) is 19.2 Å². The van der Waals surface area contributed by atoms with Crippen LogP contribution >= 0.6 is 15.9 Å². The molecule has 1 aromatic rings. The summed E-state index contributed by atoms with van der Waals surface area (Å²) in [6, 6.07) is 8.11. The van der Waals surface area contributed by atoms with Crippen molar-refractivity contribution in [1.82, 2.24) is 10.2 Å². The van der Waals surface area contributed by atoms with E-state index in [1.165, 1.54) is 0 Å². The third-order valence-corrected chi connectivity index (χ3v) is 3.74. The minimum absolute atomic E-state index is 0.0254. The molecule has 1 rings (SSSR count). The van der Waals surface area contributed by atoms with E-state index in [1.54, 1.807) is 0 Å². The average Bonchev–Trinajstić information content (AvgIpc) is 2.38. The number of aliphatic hydroxyl groups excluding tert-OH is 1. The van der Waals surface area contributed by atoms with Gasteiger partial charge in [-0.3, -0.25) is 9.69 Å². The van der Waals surface area contributed by atoms with Crippen molar-refractivity contribution in [3.8, 4) is 0 Å². The van der Waals surface area contributed by atoms with Crippen LogP contribution in [0.3, 0.4) is 0 Å². The van der Waals surface area contributed by atoms with E-state index in [1.807, 2.05) is 49.9 Å². The van der Waals surface area contributed by atoms with Gasteiger partial charge in [0, 0.05) is 17.1 Å². The summed E-state index contributed by atoms with van der Waals surface area (Å²) in [6.07, 6.45) is 0. The first kappa shape index (κ1) is 17.1. The Morgan fingerprint density at radius 3 is 2.40 bits per heavy atom. The van der Waals surface area contributed by atoms with E-state index in [-0.39, 0.29) is 24.6 Å². The lowest BCUT2D eigenvalue weighted by molar-refractivity contribution is -0.123. The molecule has 1 atom stereocenters. The van der Waals surface area contributed by atoms with Crippen LogP contribution in [0.5, 0.6) is 0 Å². The summed E-state index contributed by atoms with van der Waals surface area (Å²) >= 11 is 3.39. The highest BCUT2D eigenvalue weighted by Gasteiger charge is 2.15. The highest BCUT2D eigenvalue weighted by molar-refractivity contribution is 9.10. The zero-order valence-electron chi connectivity index (χ0n) is 12.3. The van der Waals surface area contributed by atoms with Crippen LogP contribution in [-0.2, 0) is 4.79 Å². The van der Waals surface area contributed by atoms with Gasteiger partial charge in [-0.2, -0.15) is 0 Å². The number of carbonyl (C=O) groups excluding carboxylic acids is 1. The summed E-state index contributed by atoms with van der Waals surface area (Å²) < 4.78 is 1.02. The van der Waals surface area contributed by atoms with E-state index < -0.39 is 0 Å². The average molecular weight is 343 g/mol. The van der Waals surface area contributed by atoms with E-state index in [9.17, 15) is 4.79 Å². The molecule has 2 N–H and O–H groups in total. The van der Waals surface area contributed by atoms with Gasteiger partial charge in [-0.05, 0) is 38.5 Å². The molecule has 0 bridgehead atoms. The summed E-state index contributed by atoms with van der Waals surface area (Å²) in [5.74, 6) is -0.0254. The number of aliphatic hydroxyl groups is 1. The number of carbonyl (C=O) groups is 1. The smallest absolute Gasteiger partial charge is 0.234 e. The van der Waals surface area contributed by atoms with Crippen molar-refractivity contribution in [3.05, 3.63) is 34.3 Å². The third-order valence-electron chi connectivity index (χ3n) is 3.21. The van der Waals surface area contributed by atoms with Gasteiger partial charge in [-0.25, -0.2) is 0 Å². The standard InChI is InChI=1S/C15H23BrN2O2/c1-11(2)18(8-9-19)10-15(20)17-12(3)13-4-6-14(16)7-5-13/h4-7,11-12,19H,8-10H2,1-3H3,(H,17,20). The van der Waals surface area contributed by atoms with E-state index >= 15 is 0 Å². The molecule has 0 aliphatic rings. The molecular formula is C15H23BrN2O2. The van der Waals surface area contributed by atoms with Crippen LogP contribution in [-0.4, -0.2) is 41.7 Å². The maximum atomic E-state index is 12.0. The summed E-state index contributed by atoms with van der Waals surface area (Å²) in [4.78, 5) is 14.0. The molecule has 0 fully saturated rings. The Morgan fingerprint density at radius 1 is 1.30 bits per heavy atom. The SMILES string of the molecule is CC(NC(=O)CN(CCO)C(C)C)c1ccc(Br)cc1. The minimum Gasteiger partial charge on any atom is -0.395 e. The maximum Gasteiger partial charge on any atom is 0.234 e. The number of benzene rings is 1. The minimum atomic E-state index is -0.0289. The van der Waals surface area contributed by atoms with Crippen LogP contribution in [0.1, 0.15) is 32.4 Å². The lowest BCUT2D eigenvalue weighted by Crippen LogP contribution is -2.42. The molecule has 0 aliphatic heterocycles. The van der Waals surface area contributed by atoms with Crippen molar-refractivity contribution in [2.45, 2.75) is 32.9 Å². The van der Waals surface area contributed by atoms with E-state index in [0.29, 0.717) is 13.1 Å². The number of rotatable bonds is 7. The molecule has 4 nitrogen and oxygen atoms in total. The Labute approximate surface area is 129 Å². The van der Waals surface area contributed by atoms with E-state index in [2.05, 4.69) is 21.2 Å². The lowest BCUT2D eigenvalue weighted by atomic mass is 10.1. The number of nitrogens with one attached hydrogen (secondary N) is 1.